The van der Waals surface area contributed by atoms with Gasteiger partial charge in [-0.25, -0.2) is 4.98 Å². The molecule has 0 bridgehead atoms. The molecule has 0 spiro atoms. The first-order chi connectivity index (χ1) is 10.7. The molecule has 0 amide bonds. The maximum absolute atomic E-state index is 11.6. The molecule has 2 aromatic carbocycles. The third kappa shape index (κ3) is 2.13. The van der Waals surface area contributed by atoms with Gasteiger partial charge in [0.25, 0.3) is 0 Å². The second kappa shape index (κ2) is 5.08. The number of rotatable bonds is 3. The molecule has 0 saturated heterocycles. The Balaban J connectivity index is 1.77. The highest BCUT2D eigenvalue weighted by atomic mass is 32.1. The van der Waals surface area contributed by atoms with Crippen LogP contribution in [0.3, 0.4) is 0 Å². The van der Waals surface area contributed by atoms with Gasteiger partial charge >= 0.3 is 0 Å². The largest absolute Gasteiger partial charge is 0.454 e. The molecule has 1 aliphatic rings. The van der Waals surface area contributed by atoms with Crippen molar-refractivity contribution in [3.8, 4) is 22.1 Å². The number of ether oxygens (including phenoxy) is 2. The number of benzene rings is 2. The number of aliphatic hydroxyl groups is 1. The number of fused-ring (bicyclic) bond motifs is 2. The Labute approximate surface area is 129 Å². The fourth-order valence-electron chi connectivity index (χ4n) is 2.34. The standard InChI is InChI=1S/C16H11NO4S/c18-7-12(19)9-1-3-11-15(6-9)22-16(17-11)10-2-4-13-14(5-10)21-8-20-13/h1-6,18H,7-8H2. The van der Waals surface area contributed by atoms with Crippen molar-refractivity contribution in [2.24, 2.45) is 0 Å². The van der Waals surface area contributed by atoms with Crippen LogP contribution in [-0.2, 0) is 0 Å². The lowest BCUT2D eigenvalue weighted by molar-refractivity contribution is 0.0904. The van der Waals surface area contributed by atoms with Crippen molar-refractivity contribution in [2.75, 3.05) is 13.4 Å². The van der Waals surface area contributed by atoms with Crippen molar-refractivity contribution in [3.63, 3.8) is 0 Å². The third-order valence-corrected chi connectivity index (χ3v) is 4.54. The van der Waals surface area contributed by atoms with Crippen molar-refractivity contribution in [3.05, 3.63) is 42.0 Å². The van der Waals surface area contributed by atoms with Gasteiger partial charge < -0.3 is 14.6 Å². The fourth-order valence-corrected chi connectivity index (χ4v) is 3.34. The van der Waals surface area contributed by atoms with E-state index >= 15 is 0 Å². The average molecular weight is 313 g/mol. The van der Waals surface area contributed by atoms with Gasteiger partial charge in [-0.05, 0) is 36.4 Å². The maximum atomic E-state index is 11.6. The van der Waals surface area contributed by atoms with Crippen LogP contribution in [0.2, 0.25) is 0 Å². The zero-order chi connectivity index (χ0) is 15.1. The molecule has 0 saturated carbocycles. The molecule has 1 N–H and O–H groups in total. The number of Topliss-reactive ketones (excluding diaryl/α,β-unsaturated/α-hetero) is 1. The predicted octanol–water partition coefficient (Wildman–Crippen LogP) is 2.87. The number of nitrogens with zero attached hydrogens (tertiary/aromatic N) is 1. The molecular weight excluding hydrogens is 302 g/mol. The minimum atomic E-state index is -0.487. The van der Waals surface area contributed by atoms with E-state index in [1.54, 1.807) is 18.2 Å². The number of hydrogen-bond donors (Lipinski definition) is 1. The van der Waals surface area contributed by atoms with Gasteiger partial charge in [-0.1, -0.05) is 0 Å². The van der Waals surface area contributed by atoms with Crippen LogP contribution in [0.1, 0.15) is 10.4 Å². The fraction of sp³-hybridized carbons (Fsp3) is 0.125. The van der Waals surface area contributed by atoms with Crippen LogP contribution < -0.4 is 9.47 Å². The van der Waals surface area contributed by atoms with Crippen molar-refractivity contribution < 1.29 is 19.4 Å². The molecule has 1 aliphatic heterocycles. The number of ketones is 1. The molecule has 5 nitrogen and oxygen atoms in total. The second-order valence-corrected chi connectivity index (χ2v) is 5.88. The van der Waals surface area contributed by atoms with Gasteiger partial charge in [0.15, 0.2) is 17.3 Å². The van der Waals surface area contributed by atoms with Gasteiger partial charge in [0.05, 0.1) is 10.2 Å². The Morgan fingerprint density at radius 2 is 2.05 bits per heavy atom. The molecule has 0 fully saturated rings. The van der Waals surface area contributed by atoms with Gasteiger partial charge in [-0.15, -0.1) is 11.3 Å². The lowest BCUT2D eigenvalue weighted by atomic mass is 10.1. The molecule has 0 radical (unpaired) electrons. The zero-order valence-corrected chi connectivity index (χ0v) is 12.2. The van der Waals surface area contributed by atoms with E-state index in [9.17, 15) is 4.79 Å². The van der Waals surface area contributed by atoms with E-state index in [1.165, 1.54) is 11.3 Å². The summed E-state index contributed by atoms with van der Waals surface area (Å²) in [6.45, 7) is -0.245. The number of carbonyl (C=O) groups is 1. The molecule has 0 atom stereocenters. The molecule has 110 valence electrons. The highest BCUT2D eigenvalue weighted by Gasteiger charge is 2.16. The van der Waals surface area contributed by atoms with Crippen LogP contribution in [0.25, 0.3) is 20.8 Å². The first-order valence-electron chi connectivity index (χ1n) is 6.69. The Morgan fingerprint density at radius 1 is 1.18 bits per heavy atom. The summed E-state index contributed by atoms with van der Waals surface area (Å²) in [6, 6.07) is 11.0. The summed E-state index contributed by atoms with van der Waals surface area (Å²) < 4.78 is 11.6. The first-order valence-corrected chi connectivity index (χ1v) is 7.51. The SMILES string of the molecule is O=C(CO)c1ccc2nc(-c3ccc4c(c3)OCO4)sc2c1. The third-order valence-electron chi connectivity index (χ3n) is 3.47. The first kappa shape index (κ1) is 13.2. The van der Waals surface area contributed by atoms with Crippen LogP contribution >= 0.6 is 11.3 Å². The minimum Gasteiger partial charge on any atom is -0.454 e. The number of aliphatic hydroxyl groups excluding tert-OH is 1. The van der Waals surface area contributed by atoms with Crippen molar-refractivity contribution in [1.82, 2.24) is 4.98 Å². The Kier molecular flexibility index (Phi) is 3.06. The number of hydrogen-bond acceptors (Lipinski definition) is 6. The smallest absolute Gasteiger partial charge is 0.231 e. The van der Waals surface area contributed by atoms with E-state index in [-0.39, 0.29) is 12.6 Å². The van der Waals surface area contributed by atoms with Crippen molar-refractivity contribution >= 4 is 27.3 Å². The molecule has 22 heavy (non-hydrogen) atoms. The van der Waals surface area contributed by atoms with Crippen LogP contribution in [-0.4, -0.2) is 29.3 Å². The quantitative estimate of drug-likeness (QED) is 0.753. The topological polar surface area (TPSA) is 68.7 Å². The lowest BCUT2D eigenvalue weighted by Crippen LogP contribution is -2.03. The molecule has 2 heterocycles. The molecule has 3 aromatic rings. The van der Waals surface area contributed by atoms with Crippen LogP contribution in [0.4, 0.5) is 0 Å². The van der Waals surface area contributed by atoms with Gasteiger partial charge in [0.1, 0.15) is 11.6 Å². The van der Waals surface area contributed by atoms with E-state index in [0.717, 1.165) is 26.5 Å². The summed E-state index contributed by atoms with van der Waals surface area (Å²) >= 11 is 1.50. The van der Waals surface area contributed by atoms with Gasteiger partial charge in [-0.2, -0.15) is 0 Å². The Morgan fingerprint density at radius 3 is 2.91 bits per heavy atom. The van der Waals surface area contributed by atoms with E-state index in [4.69, 9.17) is 14.6 Å². The van der Waals surface area contributed by atoms with E-state index in [1.807, 2.05) is 18.2 Å². The lowest BCUT2D eigenvalue weighted by Gasteiger charge is -1.98. The highest BCUT2D eigenvalue weighted by Crippen LogP contribution is 2.38. The van der Waals surface area contributed by atoms with Crippen molar-refractivity contribution in [2.45, 2.75) is 0 Å². The normalized spacial score (nSPS) is 12.8. The summed E-state index contributed by atoms with van der Waals surface area (Å²) in [5.74, 6) is 1.16. The van der Waals surface area contributed by atoms with Gasteiger partial charge in [-0.3, -0.25) is 4.79 Å². The predicted molar refractivity (Wildman–Crippen MR) is 82.6 cm³/mol. The van der Waals surface area contributed by atoms with Gasteiger partial charge in [0.2, 0.25) is 6.79 Å². The summed E-state index contributed by atoms with van der Waals surface area (Å²) in [4.78, 5) is 16.1. The van der Waals surface area contributed by atoms with Crippen LogP contribution in [0.5, 0.6) is 11.5 Å². The number of carbonyl (C=O) groups excluding carboxylic acids is 1. The minimum absolute atomic E-state index is 0.241. The summed E-state index contributed by atoms with van der Waals surface area (Å²) in [6.07, 6.45) is 0. The maximum Gasteiger partial charge on any atom is 0.231 e. The Hall–Kier alpha value is -2.44. The molecular formula is C16H11NO4S. The van der Waals surface area contributed by atoms with Gasteiger partial charge in [0, 0.05) is 11.1 Å². The molecule has 1 aromatic heterocycles. The molecule has 0 unspecified atom stereocenters. The Bertz CT molecular complexity index is 887. The monoisotopic (exact) mass is 313 g/mol. The van der Waals surface area contributed by atoms with Crippen LogP contribution in [0, 0.1) is 0 Å². The van der Waals surface area contributed by atoms with E-state index in [2.05, 4.69) is 4.98 Å². The van der Waals surface area contributed by atoms with Crippen LogP contribution in [0.15, 0.2) is 36.4 Å². The molecule has 4 rings (SSSR count). The number of thiazole rings is 1. The van der Waals surface area contributed by atoms with E-state index < -0.39 is 6.61 Å². The highest BCUT2D eigenvalue weighted by molar-refractivity contribution is 7.21. The average Bonchev–Trinajstić information content (AvgIpc) is 3.18. The summed E-state index contributed by atoms with van der Waals surface area (Å²) in [7, 11) is 0. The zero-order valence-electron chi connectivity index (χ0n) is 11.4. The van der Waals surface area contributed by atoms with Crippen molar-refractivity contribution in [1.29, 1.82) is 0 Å². The second-order valence-electron chi connectivity index (χ2n) is 4.85. The molecule has 6 heteroatoms. The number of aromatic nitrogens is 1. The summed E-state index contributed by atoms with van der Waals surface area (Å²) in [5, 5.41) is 9.79. The van der Waals surface area contributed by atoms with E-state index in [0.29, 0.717) is 11.3 Å². The molecule has 0 aliphatic carbocycles. The summed E-state index contributed by atoms with van der Waals surface area (Å²) in [5.41, 5.74) is 2.27.